The molecule has 0 aliphatic carbocycles. The Bertz CT molecular complexity index is 127. The van der Waals surface area contributed by atoms with Crippen LogP contribution in [0.4, 0.5) is 0 Å². The predicted octanol–water partition coefficient (Wildman–Crippen LogP) is -7.13. The summed E-state index contributed by atoms with van der Waals surface area (Å²) >= 11 is 0. The van der Waals surface area contributed by atoms with E-state index < -0.39 is 12.0 Å². The molecule has 0 fully saturated rings. The van der Waals surface area contributed by atoms with Crippen LogP contribution in [0.15, 0.2) is 0 Å². The zero-order chi connectivity index (χ0) is 8.15. The van der Waals surface area contributed by atoms with Crippen molar-refractivity contribution in [3.05, 3.63) is 0 Å². The monoisotopic (exact) mass is 269 g/mol. The van der Waals surface area contributed by atoms with Crippen molar-refractivity contribution in [2.24, 2.45) is 5.73 Å². The molecule has 0 amide bonds. The highest BCUT2D eigenvalue weighted by molar-refractivity contribution is 7.95. The van der Waals surface area contributed by atoms with Crippen LogP contribution < -0.4 is 30.5 Å². The molecule has 0 bridgehead atoms. The Labute approximate surface area is 101 Å². The van der Waals surface area contributed by atoms with Crippen molar-refractivity contribution in [2.45, 2.75) is 12.5 Å². The summed E-state index contributed by atoms with van der Waals surface area (Å²) in [7, 11) is 0.304. The summed E-state index contributed by atoms with van der Waals surface area (Å²) < 4.78 is 0. The van der Waals surface area contributed by atoms with Crippen molar-refractivity contribution in [3.8, 4) is 0 Å². The first kappa shape index (κ1) is 23.5. The number of carboxylic acids is 1. The second kappa shape index (κ2) is 12.7. The van der Waals surface area contributed by atoms with Gasteiger partial charge in [-0.2, -0.15) is 0 Å². The molecule has 1 unspecified atom stereocenters. The van der Waals surface area contributed by atoms with Crippen LogP contribution in [0.5, 0.6) is 0 Å². The third kappa shape index (κ3) is 15.5. The fraction of sp³-hybridized carbons (Fsp3) is 0.833. The number of hydrogen-bond donors (Lipinski definition) is 2. The van der Waals surface area contributed by atoms with Crippen LogP contribution in [0.3, 0.4) is 0 Å². The lowest BCUT2D eigenvalue weighted by molar-refractivity contribution is -0.138. The number of nitrogens with two attached hydrogens (primary N) is 1. The smallest absolute Gasteiger partial charge is 0.320 e. The zero-order valence-electron chi connectivity index (χ0n) is 7.67. The van der Waals surface area contributed by atoms with Crippen molar-refractivity contribution in [1.82, 2.24) is 0 Å². The molecule has 0 aromatic heterocycles. The van der Waals surface area contributed by atoms with Crippen molar-refractivity contribution >= 4 is 30.4 Å². The molecule has 7 heteroatoms. The largest absolute Gasteiger partial charge is 1.00 e. The summed E-state index contributed by atoms with van der Waals surface area (Å²) in [4.78, 5) is 10.2. The Morgan fingerprint density at radius 2 is 1.85 bits per heavy atom. The van der Waals surface area contributed by atoms with E-state index in [2.05, 4.69) is 12.5 Å². The molecule has 0 aliphatic heterocycles. The minimum atomic E-state index is -0.898. The minimum absolute atomic E-state index is 0. The second-order valence-electron chi connectivity index (χ2n) is 2.42. The van der Waals surface area contributed by atoms with Gasteiger partial charge in [-0.05, 0) is 10.9 Å². The Kier molecular flexibility index (Phi) is 23.0. The molecule has 0 spiro atoms. The topological polar surface area (TPSA) is 63.3 Å². The molecule has 0 aromatic carbocycles. The highest BCUT2D eigenvalue weighted by Gasteiger charge is 2.14. The van der Waals surface area contributed by atoms with Gasteiger partial charge in [0.15, 0.2) is 0 Å². The summed E-state index contributed by atoms with van der Waals surface area (Å²) in [5.41, 5.74) is 5.27. The molecule has 3 nitrogen and oxygen atoms in total. The normalized spacial score (nSPS) is 10.5. The van der Waals surface area contributed by atoms with Crippen LogP contribution in [-0.2, 0) is 29.2 Å². The molecule has 3 N–H and O–H groups in total. The van der Waals surface area contributed by atoms with Crippen LogP contribution in [-0.4, -0.2) is 35.4 Å². The average Bonchev–Trinajstić information content (AvgIpc) is 1.82. The van der Waals surface area contributed by atoms with Gasteiger partial charge in [-0.25, -0.2) is 0 Å². The van der Waals surface area contributed by atoms with Crippen LogP contribution in [0.2, 0.25) is 0 Å². The molecule has 13 heavy (non-hydrogen) atoms. The highest BCUT2D eigenvalue weighted by Crippen LogP contribution is 1.93. The Balaban J connectivity index is -0.000000135. The number of hydrogen-bond acceptors (Lipinski definition) is 2. The lowest BCUT2D eigenvalue weighted by Crippen LogP contribution is -3.00. The number of halogens is 2. The number of carbonyl (C=O) groups is 1. The van der Waals surface area contributed by atoms with Crippen molar-refractivity contribution < 1.29 is 34.7 Å². The molecular formula is C6H17Cl2NO2S2. The van der Waals surface area contributed by atoms with E-state index in [0.717, 1.165) is 5.75 Å². The lowest BCUT2D eigenvalue weighted by atomic mass is 10.2. The third-order valence-electron chi connectivity index (χ3n) is 1.15. The predicted molar refractivity (Wildman–Crippen MR) is 55.9 cm³/mol. The van der Waals surface area contributed by atoms with E-state index in [9.17, 15) is 4.79 Å². The summed E-state index contributed by atoms with van der Waals surface area (Å²) in [6.45, 7) is 0. The van der Waals surface area contributed by atoms with Crippen LogP contribution >= 0.6 is 0 Å². The summed E-state index contributed by atoms with van der Waals surface area (Å²) in [6.07, 6.45) is 4.74. The van der Waals surface area contributed by atoms with Gasteiger partial charge in [0.25, 0.3) is 0 Å². The standard InChI is InChI=1S/C6H13NO2S.2ClH.H2S/c1-10(2)4-3-5(7)6(8)9;;;/h5H,3-4,7H2,1-2H3;2*1H;1H2. The highest BCUT2D eigenvalue weighted by atomic mass is 35.5. The molecule has 0 saturated heterocycles. The third-order valence-corrected chi connectivity index (χ3v) is 2.21. The van der Waals surface area contributed by atoms with Gasteiger partial charge in [0.1, 0.15) is 11.8 Å². The number of aliphatic carboxylic acids is 1. The van der Waals surface area contributed by atoms with Crippen LogP contribution in [0, 0.1) is 0 Å². The summed E-state index contributed by atoms with van der Waals surface area (Å²) in [5, 5.41) is 8.37. The molecule has 1 atom stereocenters. The zero-order valence-corrected chi connectivity index (χ0v) is 11.1. The Morgan fingerprint density at radius 3 is 2.08 bits per heavy atom. The van der Waals surface area contributed by atoms with Gasteiger partial charge in [0.2, 0.25) is 0 Å². The summed E-state index contributed by atoms with van der Waals surface area (Å²) in [6, 6.07) is -0.671. The second-order valence-corrected chi connectivity index (χ2v) is 4.80. The lowest BCUT2D eigenvalue weighted by Gasteiger charge is -2.02. The maximum Gasteiger partial charge on any atom is 0.320 e. The van der Waals surface area contributed by atoms with Gasteiger partial charge in [-0.3, -0.25) is 4.79 Å². The van der Waals surface area contributed by atoms with Crippen molar-refractivity contribution in [2.75, 3.05) is 18.3 Å². The van der Waals surface area contributed by atoms with Gasteiger partial charge >= 0.3 is 5.97 Å². The van der Waals surface area contributed by atoms with E-state index in [4.69, 9.17) is 10.8 Å². The molecule has 0 radical (unpaired) electrons. The van der Waals surface area contributed by atoms with Crippen molar-refractivity contribution in [1.29, 1.82) is 0 Å². The molecule has 0 saturated carbocycles. The number of carboxylic acid groups (broad SMARTS) is 1. The van der Waals surface area contributed by atoms with Crippen molar-refractivity contribution in [3.63, 3.8) is 0 Å². The van der Waals surface area contributed by atoms with Gasteiger partial charge in [-0.1, -0.05) is 13.5 Å². The van der Waals surface area contributed by atoms with E-state index in [1.807, 2.05) is 0 Å². The van der Waals surface area contributed by atoms with Gasteiger partial charge in [0.05, 0.1) is 12.5 Å². The quantitative estimate of drug-likeness (QED) is 0.499. The van der Waals surface area contributed by atoms with Gasteiger partial charge in [0, 0.05) is 6.42 Å². The van der Waals surface area contributed by atoms with Crippen LogP contribution in [0.1, 0.15) is 6.42 Å². The SMILES string of the molecule is C[S+](C)CCC(N)C(=O)O.[Cl-].[Cl-].[SH3+]. The van der Waals surface area contributed by atoms with E-state index in [1.54, 1.807) is 0 Å². The minimum Gasteiger partial charge on any atom is -1.00 e. The van der Waals surface area contributed by atoms with E-state index in [1.165, 1.54) is 0 Å². The fourth-order valence-electron chi connectivity index (χ4n) is 0.486. The maximum absolute atomic E-state index is 10.2. The van der Waals surface area contributed by atoms with E-state index in [0.29, 0.717) is 17.3 Å². The first-order chi connectivity index (χ1) is 4.54. The average molecular weight is 270 g/mol. The first-order valence-electron chi connectivity index (χ1n) is 3.06. The molecule has 0 aromatic rings. The number of rotatable bonds is 4. The van der Waals surface area contributed by atoms with Gasteiger partial charge < -0.3 is 35.7 Å². The van der Waals surface area contributed by atoms with Crippen LogP contribution in [0.25, 0.3) is 0 Å². The van der Waals surface area contributed by atoms with E-state index >= 15 is 0 Å². The Hall–Kier alpha value is 0.710. The molecule has 0 aliphatic rings. The molecular weight excluding hydrogens is 253 g/mol. The van der Waals surface area contributed by atoms with Gasteiger partial charge in [-0.15, -0.1) is 0 Å². The molecule has 0 rings (SSSR count). The fourth-order valence-corrected chi connectivity index (χ4v) is 1.21. The summed E-state index contributed by atoms with van der Waals surface area (Å²) in [5.74, 6) is 0.0125. The molecule has 0 heterocycles. The molecule has 84 valence electrons. The van der Waals surface area contributed by atoms with E-state index in [-0.39, 0.29) is 38.3 Å². The maximum atomic E-state index is 10.2. The Morgan fingerprint density at radius 1 is 1.46 bits per heavy atom. The first-order valence-corrected chi connectivity index (χ1v) is 5.27.